The maximum Gasteiger partial charge on any atom is 0.252 e. The molecule has 0 radical (unpaired) electrons. The normalized spacial score (nSPS) is 25.5. The molecule has 2 aromatic rings. The monoisotopic (exact) mass is 450 g/mol. The summed E-state index contributed by atoms with van der Waals surface area (Å²) in [7, 11) is 0. The second kappa shape index (κ2) is 9.63. The first-order valence-electron chi connectivity index (χ1n) is 10.5. The van der Waals surface area contributed by atoms with E-state index in [1.165, 1.54) is 35.0 Å². The first kappa shape index (κ1) is 22.2. The SMILES string of the molecule is CCSN[C@H]1[C@@H](F)CN(C(=O)C2CCO2)[C@H]1Cc1cccc(-c2cccc(F)c2)c1F. The molecule has 1 unspecified atom stereocenters. The van der Waals surface area contributed by atoms with Crippen LogP contribution in [-0.2, 0) is 16.0 Å². The zero-order valence-electron chi connectivity index (χ0n) is 17.2. The van der Waals surface area contributed by atoms with E-state index in [-0.39, 0.29) is 24.4 Å². The Balaban J connectivity index is 1.63. The number of rotatable bonds is 7. The summed E-state index contributed by atoms with van der Waals surface area (Å²) in [5.74, 6) is -0.438. The van der Waals surface area contributed by atoms with E-state index in [1.807, 2.05) is 6.92 Å². The molecule has 0 spiro atoms. The summed E-state index contributed by atoms with van der Waals surface area (Å²) in [6.07, 6.45) is -1.04. The topological polar surface area (TPSA) is 41.6 Å². The lowest BCUT2D eigenvalue weighted by Crippen LogP contribution is -2.51. The van der Waals surface area contributed by atoms with Gasteiger partial charge in [-0.2, -0.15) is 0 Å². The van der Waals surface area contributed by atoms with Gasteiger partial charge in [0.1, 0.15) is 23.9 Å². The van der Waals surface area contributed by atoms with Crippen molar-refractivity contribution in [3.05, 3.63) is 59.7 Å². The van der Waals surface area contributed by atoms with E-state index in [9.17, 15) is 13.6 Å². The van der Waals surface area contributed by atoms with Crippen LogP contribution in [0.5, 0.6) is 0 Å². The average Bonchev–Trinajstić information content (AvgIpc) is 3.02. The smallest absolute Gasteiger partial charge is 0.252 e. The zero-order chi connectivity index (χ0) is 22.0. The number of nitrogens with one attached hydrogen (secondary N) is 1. The molecule has 2 aromatic carbocycles. The van der Waals surface area contributed by atoms with Gasteiger partial charge in [0.05, 0.1) is 25.2 Å². The minimum Gasteiger partial charge on any atom is -0.368 e. The molecule has 1 N–H and O–H groups in total. The van der Waals surface area contributed by atoms with Gasteiger partial charge in [0, 0.05) is 17.7 Å². The molecule has 2 fully saturated rings. The van der Waals surface area contributed by atoms with Crippen LogP contribution in [0.4, 0.5) is 13.2 Å². The molecule has 8 heteroatoms. The third-order valence-electron chi connectivity index (χ3n) is 5.84. The van der Waals surface area contributed by atoms with Crippen LogP contribution in [0, 0.1) is 11.6 Å². The van der Waals surface area contributed by atoms with Crippen LogP contribution < -0.4 is 4.72 Å². The standard InChI is InChI=1S/C23H25F3N2O2S/c1-2-31-27-22-18(25)13-28(23(29)20-9-10-30-20)19(22)12-15-6-4-8-17(21(15)26)14-5-3-7-16(24)11-14/h3-8,11,18-20,22,27H,2,9-10,12-13H2,1H3/t18-,19-,20?,22-/m0/s1. The second-order valence-corrected chi connectivity index (χ2v) is 8.89. The molecule has 2 aliphatic heterocycles. The number of hydrogen-bond acceptors (Lipinski definition) is 4. The lowest BCUT2D eigenvalue weighted by molar-refractivity contribution is -0.157. The molecular weight excluding hydrogens is 425 g/mol. The van der Waals surface area contributed by atoms with E-state index in [4.69, 9.17) is 4.74 Å². The first-order valence-corrected chi connectivity index (χ1v) is 11.4. The van der Waals surface area contributed by atoms with Crippen molar-refractivity contribution in [1.82, 2.24) is 9.62 Å². The third-order valence-corrected chi connectivity index (χ3v) is 6.57. The largest absolute Gasteiger partial charge is 0.368 e. The zero-order valence-corrected chi connectivity index (χ0v) is 18.0. The van der Waals surface area contributed by atoms with Crippen molar-refractivity contribution in [2.45, 2.75) is 44.1 Å². The van der Waals surface area contributed by atoms with Crippen molar-refractivity contribution in [1.29, 1.82) is 0 Å². The number of ether oxygens (including phenoxy) is 1. The Kier molecular flexibility index (Phi) is 6.89. The highest BCUT2D eigenvalue weighted by Crippen LogP contribution is 2.32. The number of alkyl halides is 1. The summed E-state index contributed by atoms with van der Waals surface area (Å²) in [6.45, 7) is 2.42. The molecule has 31 heavy (non-hydrogen) atoms. The maximum absolute atomic E-state index is 15.4. The highest BCUT2D eigenvalue weighted by molar-refractivity contribution is 7.97. The summed E-state index contributed by atoms with van der Waals surface area (Å²) in [5, 5.41) is 0. The van der Waals surface area contributed by atoms with Gasteiger partial charge in [-0.05, 0) is 29.7 Å². The van der Waals surface area contributed by atoms with Gasteiger partial charge < -0.3 is 9.64 Å². The number of benzene rings is 2. The minimum absolute atomic E-state index is 0.0451. The molecular formula is C23H25F3N2O2S. The molecule has 0 aliphatic carbocycles. The van der Waals surface area contributed by atoms with Crippen LogP contribution in [0.3, 0.4) is 0 Å². The number of hydrogen-bond donors (Lipinski definition) is 1. The molecule has 4 nitrogen and oxygen atoms in total. The van der Waals surface area contributed by atoms with Gasteiger partial charge in [0.2, 0.25) is 0 Å². The average molecular weight is 451 g/mol. The van der Waals surface area contributed by atoms with Crippen molar-refractivity contribution in [3.8, 4) is 11.1 Å². The third kappa shape index (κ3) is 4.61. The molecule has 2 saturated heterocycles. The second-order valence-electron chi connectivity index (χ2n) is 7.79. The van der Waals surface area contributed by atoms with Crippen molar-refractivity contribution in [3.63, 3.8) is 0 Å². The predicted molar refractivity (Wildman–Crippen MR) is 115 cm³/mol. The Labute approximate surface area is 184 Å². The summed E-state index contributed by atoms with van der Waals surface area (Å²) >= 11 is 1.38. The van der Waals surface area contributed by atoms with Crippen molar-refractivity contribution >= 4 is 17.9 Å². The maximum atomic E-state index is 15.4. The van der Waals surface area contributed by atoms with E-state index >= 15 is 4.39 Å². The lowest BCUT2D eigenvalue weighted by atomic mass is 9.95. The molecule has 0 bridgehead atoms. The number of carbonyl (C=O) groups excluding carboxylic acids is 1. The van der Waals surface area contributed by atoms with Crippen LogP contribution >= 0.6 is 11.9 Å². The van der Waals surface area contributed by atoms with Gasteiger partial charge in [-0.25, -0.2) is 13.2 Å². The van der Waals surface area contributed by atoms with Gasteiger partial charge >= 0.3 is 0 Å². The van der Waals surface area contributed by atoms with Crippen LogP contribution in [0.15, 0.2) is 42.5 Å². The van der Waals surface area contributed by atoms with E-state index < -0.39 is 36.0 Å². The number of halogens is 3. The number of amides is 1. The Morgan fingerprint density at radius 3 is 2.71 bits per heavy atom. The van der Waals surface area contributed by atoms with Gasteiger partial charge in [-0.15, -0.1) is 0 Å². The molecule has 0 aromatic heterocycles. The van der Waals surface area contributed by atoms with Gasteiger partial charge in [0.15, 0.2) is 0 Å². The van der Waals surface area contributed by atoms with Gasteiger partial charge in [-0.3, -0.25) is 9.52 Å². The van der Waals surface area contributed by atoms with E-state index in [0.717, 1.165) is 5.75 Å². The van der Waals surface area contributed by atoms with Crippen LogP contribution in [0.25, 0.3) is 11.1 Å². The minimum atomic E-state index is -1.26. The van der Waals surface area contributed by atoms with Crippen molar-refractivity contribution in [2.75, 3.05) is 18.9 Å². The molecule has 4 rings (SSSR count). The molecule has 2 aliphatic rings. The molecule has 166 valence electrons. The van der Waals surface area contributed by atoms with E-state index in [0.29, 0.717) is 24.2 Å². The Morgan fingerprint density at radius 2 is 2.03 bits per heavy atom. The number of carbonyl (C=O) groups is 1. The highest BCUT2D eigenvalue weighted by atomic mass is 32.2. The number of nitrogens with zero attached hydrogens (tertiary/aromatic N) is 1. The fourth-order valence-corrected chi connectivity index (χ4v) is 4.82. The predicted octanol–water partition coefficient (Wildman–Crippen LogP) is 4.14. The lowest BCUT2D eigenvalue weighted by Gasteiger charge is -2.34. The van der Waals surface area contributed by atoms with Gasteiger partial charge in [0.25, 0.3) is 5.91 Å². The highest BCUT2D eigenvalue weighted by Gasteiger charge is 2.47. The van der Waals surface area contributed by atoms with Crippen molar-refractivity contribution in [2.24, 2.45) is 0 Å². The molecule has 1 amide bonds. The number of likely N-dealkylation sites (tertiary alicyclic amines) is 1. The summed E-state index contributed by atoms with van der Waals surface area (Å²) in [5.41, 5.74) is 1.07. The Hall–Kier alpha value is -2.03. The van der Waals surface area contributed by atoms with Crippen molar-refractivity contribution < 1.29 is 22.7 Å². The van der Waals surface area contributed by atoms with E-state index in [1.54, 1.807) is 24.3 Å². The summed E-state index contributed by atoms with van der Waals surface area (Å²) in [6, 6.07) is 9.51. The van der Waals surface area contributed by atoms with Gasteiger partial charge in [-0.1, -0.05) is 49.2 Å². The van der Waals surface area contributed by atoms with Crippen LogP contribution in [0.2, 0.25) is 0 Å². The Bertz CT molecular complexity index is 941. The quantitative estimate of drug-likeness (QED) is 0.644. The molecule has 2 heterocycles. The van der Waals surface area contributed by atoms with Crippen LogP contribution in [0.1, 0.15) is 18.9 Å². The fourth-order valence-electron chi connectivity index (χ4n) is 4.15. The molecule has 4 atom stereocenters. The fraction of sp³-hybridized carbons (Fsp3) is 0.435. The summed E-state index contributed by atoms with van der Waals surface area (Å²) < 4.78 is 52.4. The first-order chi connectivity index (χ1) is 15.0. The summed E-state index contributed by atoms with van der Waals surface area (Å²) in [4.78, 5) is 14.4. The Morgan fingerprint density at radius 1 is 1.26 bits per heavy atom. The molecule has 0 saturated carbocycles. The van der Waals surface area contributed by atoms with Crippen LogP contribution in [-0.4, -0.2) is 54.1 Å². The van der Waals surface area contributed by atoms with E-state index in [2.05, 4.69) is 4.72 Å².